The van der Waals surface area contributed by atoms with Gasteiger partial charge < -0.3 is 9.88 Å². The predicted octanol–water partition coefficient (Wildman–Crippen LogP) is 3.11. The molecule has 0 saturated carbocycles. The van der Waals surface area contributed by atoms with E-state index in [1.54, 1.807) is 6.20 Å². The highest BCUT2D eigenvalue weighted by Crippen LogP contribution is 2.22. The predicted molar refractivity (Wildman–Crippen MR) is 69.6 cm³/mol. The fourth-order valence-corrected chi connectivity index (χ4v) is 2.04. The van der Waals surface area contributed by atoms with Gasteiger partial charge in [-0.05, 0) is 25.1 Å². The third kappa shape index (κ3) is 2.59. The summed E-state index contributed by atoms with van der Waals surface area (Å²) in [6.45, 7) is 5.29. The van der Waals surface area contributed by atoms with Crippen LogP contribution in [-0.2, 0) is 6.42 Å². The second kappa shape index (κ2) is 5.31. The van der Waals surface area contributed by atoms with E-state index in [9.17, 15) is 8.78 Å². The summed E-state index contributed by atoms with van der Waals surface area (Å²) in [4.78, 5) is 4.96. The molecule has 4 heteroatoms. The topological polar surface area (TPSA) is 19.0 Å². The highest BCUT2D eigenvalue weighted by molar-refractivity contribution is 5.83. The van der Waals surface area contributed by atoms with Crippen LogP contribution in [0.4, 0.5) is 8.78 Å². The van der Waals surface area contributed by atoms with Crippen LogP contribution >= 0.6 is 0 Å². The standard InChI is InChI=1S/C14H16F2N2/c1-3-5-18(2)6-4-10-9-17-14-12(10)7-11(15)8-13(14)16/h3,7-9,17H,1,4-6H2,2H3. The van der Waals surface area contributed by atoms with Crippen LogP contribution in [0.15, 0.2) is 31.0 Å². The molecule has 0 unspecified atom stereocenters. The Labute approximate surface area is 105 Å². The molecule has 0 fully saturated rings. The Morgan fingerprint density at radius 2 is 2.17 bits per heavy atom. The minimum absolute atomic E-state index is 0.373. The van der Waals surface area contributed by atoms with Gasteiger partial charge in [-0.1, -0.05) is 6.08 Å². The Kier molecular flexibility index (Phi) is 3.77. The van der Waals surface area contributed by atoms with Crippen molar-refractivity contribution in [3.05, 3.63) is 48.2 Å². The number of aromatic nitrogens is 1. The molecule has 0 radical (unpaired) electrons. The molecule has 0 atom stereocenters. The first-order chi connectivity index (χ1) is 8.61. The second-order valence-corrected chi connectivity index (χ2v) is 4.43. The first kappa shape index (κ1) is 12.8. The molecule has 0 aliphatic carbocycles. The van der Waals surface area contributed by atoms with Gasteiger partial charge in [-0.25, -0.2) is 8.78 Å². The lowest BCUT2D eigenvalue weighted by atomic mass is 10.1. The maximum Gasteiger partial charge on any atom is 0.150 e. The number of halogens is 2. The molecule has 0 spiro atoms. The lowest BCUT2D eigenvalue weighted by Crippen LogP contribution is -2.20. The van der Waals surface area contributed by atoms with Crippen molar-refractivity contribution in [3.8, 4) is 0 Å². The van der Waals surface area contributed by atoms with Crippen LogP contribution in [-0.4, -0.2) is 30.0 Å². The van der Waals surface area contributed by atoms with E-state index in [1.165, 1.54) is 6.07 Å². The van der Waals surface area contributed by atoms with Crippen molar-refractivity contribution < 1.29 is 8.78 Å². The van der Waals surface area contributed by atoms with Gasteiger partial charge in [0.1, 0.15) is 11.6 Å². The molecule has 0 amide bonds. The van der Waals surface area contributed by atoms with Gasteiger partial charge in [0.2, 0.25) is 0 Å². The van der Waals surface area contributed by atoms with Crippen LogP contribution in [0.25, 0.3) is 10.9 Å². The van der Waals surface area contributed by atoms with E-state index in [-0.39, 0.29) is 0 Å². The van der Waals surface area contributed by atoms with Crippen LogP contribution in [0.3, 0.4) is 0 Å². The third-order valence-electron chi connectivity index (χ3n) is 3.00. The van der Waals surface area contributed by atoms with Crippen molar-refractivity contribution in [1.29, 1.82) is 0 Å². The van der Waals surface area contributed by atoms with Gasteiger partial charge in [-0.2, -0.15) is 0 Å². The average Bonchev–Trinajstić information content (AvgIpc) is 2.70. The van der Waals surface area contributed by atoms with Crippen molar-refractivity contribution in [1.82, 2.24) is 9.88 Å². The lowest BCUT2D eigenvalue weighted by Gasteiger charge is -2.13. The molecule has 2 nitrogen and oxygen atoms in total. The first-order valence-corrected chi connectivity index (χ1v) is 5.86. The van der Waals surface area contributed by atoms with E-state index in [1.807, 2.05) is 13.1 Å². The smallest absolute Gasteiger partial charge is 0.150 e. The molecule has 0 bridgehead atoms. The fourth-order valence-electron chi connectivity index (χ4n) is 2.04. The summed E-state index contributed by atoms with van der Waals surface area (Å²) < 4.78 is 26.7. The Bertz CT molecular complexity index is 560. The third-order valence-corrected chi connectivity index (χ3v) is 3.00. The summed E-state index contributed by atoms with van der Waals surface area (Å²) in [5.41, 5.74) is 1.30. The van der Waals surface area contributed by atoms with Crippen molar-refractivity contribution in [2.24, 2.45) is 0 Å². The number of H-pyrrole nitrogens is 1. The van der Waals surface area contributed by atoms with Gasteiger partial charge in [0.05, 0.1) is 5.52 Å². The summed E-state index contributed by atoms with van der Waals surface area (Å²) in [5, 5.41) is 0.625. The van der Waals surface area contributed by atoms with Crippen LogP contribution < -0.4 is 0 Å². The molecule has 1 aromatic carbocycles. The Morgan fingerprint density at radius 3 is 2.89 bits per heavy atom. The molecular weight excluding hydrogens is 234 g/mol. The molecule has 18 heavy (non-hydrogen) atoms. The number of likely N-dealkylation sites (N-methyl/N-ethyl adjacent to an activating group) is 1. The molecule has 2 rings (SSSR count). The van der Waals surface area contributed by atoms with Gasteiger partial charge in [0.25, 0.3) is 0 Å². The van der Waals surface area contributed by atoms with Gasteiger partial charge in [0, 0.05) is 30.7 Å². The van der Waals surface area contributed by atoms with Gasteiger partial charge in [0.15, 0.2) is 0 Å². The van der Waals surface area contributed by atoms with Crippen LogP contribution in [0, 0.1) is 11.6 Å². The quantitative estimate of drug-likeness (QED) is 0.808. The molecule has 1 N–H and O–H groups in total. The summed E-state index contributed by atoms with van der Waals surface area (Å²) in [5.74, 6) is -1.09. The zero-order chi connectivity index (χ0) is 13.1. The minimum atomic E-state index is -0.546. The maximum atomic E-state index is 13.5. The summed E-state index contributed by atoms with van der Waals surface area (Å²) in [7, 11) is 1.98. The number of rotatable bonds is 5. The van der Waals surface area contributed by atoms with E-state index in [4.69, 9.17) is 0 Å². The molecule has 1 heterocycles. The van der Waals surface area contributed by atoms with Crippen molar-refractivity contribution in [2.45, 2.75) is 6.42 Å². The molecule has 0 aliphatic rings. The summed E-state index contributed by atoms with van der Waals surface area (Å²) >= 11 is 0. The second-order valence-electron chi connectivity index (χ2n) is 4.43. The van der Waals surface area contributed by atoms with Crippen molar-refractivity contribution in [2.75, 3.05) is 20.1 Å². The molecule has 2 aromatic rings. The molecule has 96 valence electrons. The van der Waals surface area contributed by atoms with Gasteiger partial charge in [-0.3, -0.25) is 0 Å². The Balaban J connectivity index is 2.21. The highest BCUT2D eigenvalue weighted by Gasteiger charge is 2.10. The summed E-state index contributed by atoms with van der Waals surface area (Å²) in [6, 6.07) is 2.27. The maximum absolute atomic E-state index is 13.5. The number of hydrogen-bond acceptors (Lipinski definition) is 1. The number of fused-ring (bicyclic) bond motifs is 1. The van der Waals surface area contributed by atoms with Crippen molar-refractivity contribution >= 4 is 10.9 Å². The largest absolute Gasteiger partial charge is 0.359 e. The van der Waals surface area contributed by atoms with Crippen LogP contribution in [0.5, 0.6) is 0 Å². The van der Waals surface area contributed by atoms with Crippen molar-refractivity contribution in [3.63, 3.8) is 0 Å². The van der Waals surface area contributed by atoms with E-state index < -0.39 is 11.6 Å². The van der Waals surface area contributed by atoms with Gasteiger partial charge in [-0.15, -0.1) is 6.58 Å². The zero-order valence-corrected chi connectivity index (χ0v) is 10.3. The fraction of sp³-hybridized carbons (Fsp3) is 0.286. The number of nitrogens with zero attached hydrogens (tertiary/aromatic N) is 1. The summed E-state index contributed by atoms with van der Waals surface area (Å²) in [6.07, 6.45) is 4.32. The monoisotopic (exact) mass is 250 g/mol. The number of nitrogens with one attached hydrogen (secondary N) is 1. The zero-order valence-electron chi connectivity index (χ0n) is 10.3. The molecule has 1 aromatic heterocycles. The van der Waals surface area contributed by atoms with E-state index in [0.717, 1.165) is 31.1 Å². The van der Waals surface area contributed by atoms with Gasteiger partial charge >= 0.3 is 0 Å². The van der Waals surface area contributed by atoms with Crippen LogP contribution in [0.2, 0.25) is 0 Å². The number of benzene rings is 1. The Morgan fingerprint density at radius 1 is 1.39 bits per heavy atom. The normalized spacial score (nSPS) is 11.3. The van der Waals surface area contributed by atoms with E-state index in [2.05, 4.69) is 16.5 Å². The first-order valence-electron chi connectivity index (χ1n) is 5.86. The van der Waals surface area contributed by atoms with Crippen LogP contribution in [0.1, 0.15) is 5.56 Å². The highest BCUT2D eigenvalue weighted by atomic mass is 19.1. The van der Waals surface area contributed by atoms with E-state index >= 15 is 0 Å². The number of hydrogen-bond donors (Lipinski definition) is 1. The minimum Gasteiger partial charge on any atom is -0.359 e. The SMILES string of the molecule is C=CCN(C)CCc1c[nH]c2c(F)cc(F)cc12. The Hall–Kier alpha value is -1.68. The number of aromatic amines is 1. The lowest BCUT2D eigenvalue weighted by molar-refractivity contribution is 0.376. The molecular formula is C14H16F2N2. The van der Waals surface area contributed by atoms with E-state index in [0.29, 0.717) is 10.9 Å². The average molecular weight is 250 g/mol. The molecule has 0 saturated heterocycles. The molecule has 0 aliphatic heterocycles.